The van der Waals surface area contributed by atoms with Gasteiger partial charge >= 0.3 is 0 Å². The molecule has 2 aromatic heterocycles. The van der Waals surface area contributed by atoms with Gasteiger partial charge in [-0.25, -0.2) is 9.97 Å². The van der Waals surface area contributed by atoms with Crippen molar-refractivity contribution in [1.82, 2.24) is 24.6 Å². The second kappa shape index (κ2) is 6.16. The van der Waals surface area contributed by atoms with E-state index in [9.17, 15) is 4.79 Å². The van der Waals surface area contributed by atoms with Gasteiger partial charge in [0.15, 0.2) is 5.65 Å². The van der Waals surface area contributed by atoms with E-state index in [-0.39, 0.29) is 5.91 Å². The molecule has 0 bridgehead atoms. The van der Waals surface area contributed by atoms with Crippen LogP contribution in [0.2, 0.25) is 0 Å². The SMILES string of the molecule is Cc1cccc(C(=O)N2CCN(c3ncnc4c3cnn4C)CC2)c1. The molecular formula is C18H20N6O. The van der Waals surface area contributed by atoms with Crippen LogP contribution < -0.4 is 4.90 Å². The molecule has 128 valence electrons. The maximum atomic E-state index is 12.7. The van der Waals surface area contributed by atoms with Crippen LogP contribution in [0.5, 0.6) is 0 Å². The summed E-state index contributed by atoms with van der Waals surface area (Å²) in [5.41, 5.74) is 2.68. The molecule has 1 aliphatic rings. The summed E-state index contributed by atoms with van der Waals surface area (Å²) in [7, 11) is 1.87. The van der Waals surface area contributed by atoms with Crippen LogP contribution in [0.15, 0.2) is 36.8 Å². The van der Waals surface area contributed by atoms with Crippen molar-refractivity contribution in [2.45, 2.75) is 6.92 Å². The summed E-state index contributed by atoms with van der Waals surface area (Å²) < 4.78 is 1.75. The van der Waals surface area contributed by atoms with Crippen molar-refractivity contribution in [2.24, 2.45) is 7.05 Å². The van der Waals surface area contributed by atoms with E-state index in [1.165, 1.54) is 0 Å². The van der Waals surface area contributed by atoms with E-state index >= 15 is 0 Å². The van der Waals surface area contributed by atoms with E-state index in [0.29, 0.717) is 13.1 Å². The topological polar surface area (TPSA) is 67.2 Å². The van der Waals surface area contributed by atoms with E-state index < -0.39 is 0 Å². The minimum Gasteiger partial charge on any atom is -0.352 e. The predicted octanol–water partition coefficient (Wildman–Crippen LogP) is 1.63. The van der Waals surface area contributed by atoms with Gasteiger partial charge in [-0.3, -0.25) is 9.48 Å². The van der Waals surface area contributed by atoms with Crippen LogP contribution in [-0.2, 0) is 7.05 Å². The smallest absolute Gasteiger partial charge is 0.253 e. The van der Waals surface area contributed by atoms with Gasteiger partial charge in [-0.1, -0.05) is 17.7 Å². The Kier molecular flexibility index (Phi) is 3.83. The van der Waals surface area contributed by atoms with Crippen LogP contribution in [0.3, 0.4) is 0 Å². The summed E-state index contributed by atoms with van der Waals surface area (Å²) >= 11 is 0. The molecule has 25 heavy (non-hydrogen) atoms. The first-order valence-electron chi connectivity index (χ1n) is 8.37. The molecular weight excluding hydrogens is 316 g/mol. The van der Waals surface area contributed by atoms with Gasteiger partial charge in [0.2, 0.25) is 0 Å². The van der Waals surface area contributed by atoms with Crippen molar-refractivity contribution in [3.8, 4) is 0 Å². The second-order valence-electron chi connectivity index (χ2n) is 6.35. The van der Waals surface area contributed by atoms with Gasteiger partial charge in [-0.2, -0.15) is 5.10 Å². The fourth-order valence-electron chi connectivity index (χ4n) is 3.28. The lowest BCUT2D eigenvalue weighted by atomic mass is 10.1. The van der Waals surface area contributed by atoms with Crippen LogP contribution in [0, 0.1) is 6.92 Å². The summed E-state index contributed by atoms with van der Waals surface area (Å²) in [5, 5.41) is 5.21. The van der Waals surface area contributed by atoms with Crippen molar-refractivity contribution in [3.05, 3.63) is 47.9 Å². The van der Waals surface area contributed by atoms with Gasteiger partial charge in [-0.15, -0.1) is 0 Å². The van der Waals surface area contributed by atoms with Gasteiger partial charge in [0.05, 0.1) is 11.6 Å². The van der Waals surface area contributed by atoms with Crippen molar-refractivity contribution >= 4 is 22.8 Å². The second-order valence-corrected chi connectivity index (χ2v) is 6.35. The molecule has 1 saturated heterocycles. The average Bonchev–Trinajstić information content (AvgIpc) is 3.03. The minimum atomic E-state index is 0.0950. The number of aromatic nitrogens is 4. The number of fused-ring (bicyclic) bond motifs is 1. The van der Waals surface area contributed by atoms with E-state index in [1.54, 1.807) is 17.2 Å². The highest BCUT2D eigenvalue weighted by atomic mass is 16.2. The number of anilines is 1. The predicted molar refractivity (Wildman–Crippen MR) is 95.6 cm³/mol. The van der Waals surface area contributed by atoms with Crippen LogP contribution in [-0.4, -0.2) is 56.7 Å². The summed E-state index contributed by atoms with van der Waals surface area (Å²) in [6.07, 6.45) is 3.37. The Labute approximate surface area is 145 Å². The molecule has 1 fully saturated rings. The van der Waals surface area contributed by atoms with Crippen molar-refractivity contribution < 1.29 is 4.79 Å². The molecule has 3 heterocycles. The number of rotatable bonds is 2. The molecule has 4 rings (SSSR count). The first-order valence-corrected chi connectivity index (χ1v) is 8.37. The van der Waals surface area contributed by atoms with Crippen LogP contribution in [0.1, 0.15) is 15.9 Å². The summed E-state index contributed by atoms with van der Waals surface area (Å²) in [6.45, 7) is 4.86. The minimum absolute atomic E-state index is 0.0950. The Balaban J connectivity index is 1.50. The van der Waals surface area contributed by atoms with Gasteiger partial charge in [0.1, 0.15) is 12.1 Å². The molecule has 0 spiro atoms. The first kappa shape index (κ1) is 15.6. The Bertz CT molecular complexity index is 926. The van der Waals surface area contributed by atoms with Crippen LogP contribution in [0.4, 0.5) is 5.82 Å². The molecule has 1 amide bonds. The zero-order valence-electron chi connectivity index (χ0n) is 14.4. The first-order chi connectivity index (χ1) is 12.1. The number of carbonyl (C=O) groups is 1. The normalized spacial score (nSPS) is 15.0. The van der Waals surface area contributed by atoms with Crippen LogP contribution in [0.25, 0.3) is 11.0 Å². The highest BCUT2D eigenvalue weighted by molar-refractivity contribution is 5.94. The maximum Gasteiger partial charge on any atom is 0.253 e. The van der Waals surface area contributed by atoms with Gasteiger partial charge in [0.25, 0.3) is 5.91 Å². The number of nitrogens with zero attached hydrogens (tertiary/aromatic N) is 6. The third kappa shape index (κ3) is 2.82. The standard InChI is InChI=1S/C18H20N6O/c1-13-4-3-5-14(10-13)18(25)24-8-6-23(7-9-24)17-15-11-21-22(2)16(15)19-12-20-17/h3-5,10-12H,6-9H2,1-2H3. The molecule has 0 N–H and O–H groups in total. The fourth-order valence-corrected chi connectivity index (χ4v) is 3.28. The van der Waals surface area contributed by atoms with Crippen LogP contribution >= 0.6 is 0 Å². The molecule has 3 aromatic rings. The fraction of sp³-hybridized carbons (Fsp3) is 0.333. The lowest BCUT2D eigenvalue weighted by Crippen LogP contribution is -2.49. The number of aryl methyl sites for hydroxylation is 2. The van der Waals surface area contributed by atoms with Gasteiger partial charge < -0.3 is 9.80 Å². The summed E-state index contributed by atoms with van der Waals surface area (Å²) in [4.78, 5) is 25.5. The molecule has 0 unspecified atom stereocenters. The molecule has 7 nitrogen and oxygen atoms in total. The highest BCUT2D eigenvalue weighted by Crippen LogP contribution is 2.23. The molecule has 0 saturated carbocycles. The molecule has 1 aromatic carbocycles. The van der Waals surface area contributed by atoms with E-state index in [2.05, 4.69) is 20.0 Å². The summed E-state index contributed by atoms with van der Waals surface area (Å²) in [6, 6.07) is 7.76. The lowest BCUT2D eigenvalue weighted by molar-refractivity contribution is 0.0746. The van der Waals surface area contributed by atoms with E-state index in [1.807, 2.05) is 43.1 Å². The third-order valence-corrected chi connectivity index (χ3v) is 4.64. The molecule has 0 radical (unpaired) electrons. The molecule has 0 aliphatic carbocycles. The number of amides is 1. The van der Waals surface area contributed by atoms with E-state index in [4.69, 9.17) is 0 Å². The zero-order chi connectivity index (χ0) is 17.4. The molecule has 7 heteroatoms. The summed E-state index contributed by atoms with van der Waals surface area (Å²) in [5.74, 6) is 0.985. The Hall–Kier alpha value is -2.96. The van der Waals surface area contributed by atoms with Gasteiger partial charge in [-0.05, 0) is 19.1 Å². The zero-order valence-corrected chi connectivity index (χ0v) is 14.4. The lowest BCUT2D eigenvalue weighted by Gasteiger charge is -2.35. The van der Waals surface area contributed by atoms with Gasteiger partial charge in [0, 0.05) is 38.8 Å². The third-order valence-electron chi connectivity index (χ3n) is 4.64. The number of benzene rings is 1. The Morgan fingerprint density at radius 1 is 1.12 bits per heavy atom. The van der Waals surface area contributed by atoms with Crippen molar-refractivity contribution in [3.63, 3.8) is 0 Å². The Morgan fingerprint density at radius 3 is 2.68 bits per heavy atom. The number of carbonyl (C=O) groups excluding carboxylic acids is 1. The quantitative estimate of drug-likeness (QED) is 0.712. The number of hydrogen-bond acceptors (Lipinski definition) is 5. The number of piperazine rings is 1. The average molecular weight is 336 g/mol. The highest BCUT2D eigenvalue weighted by Gasteiger charge is 2.24. The molecule has 1 aliphatic heterocycles. The molecule has 0 atom stereocenters. The monoisotopic (exact) mass is 336 g/mol. The Morgan fingerprint density at radius 2 is 1.92 bits per heavy atom. The number of hydrogen-bond donors (Lipinski definition) is 0. The van der Waals surface area contributed by atoms with E-state index in [0.717, 1.165) is 41.1 Å². The largest absolute Gasteiger partial charge is 0.352 e. The maximum absolute atomic E-state index is 12.7. The van der Waals surface area contributed by atoms with Crippen molar-refractivity contribution in [1.29, 1.82) is 0 Å². The van der Waals surface area contributed by atoms with Crippen molar-refractivity contribution in [2.75, 3.05) is 31.1 Å².